The zero-order valence-corrected chi connectivity index (χ0v) is 17.1. The van der Waals surface area contributed by atoms with Gasteiger partial charge in [0.15, 0.2) is 0 Å². The van der Waals surface area contributed by atoms with Crippen molar-refractivity contribution < 1.29 is 14.4 Å². The Bertz CT molecular complexity index is 968. The number of likely N-dealkylation sites (tertiary alicyclic amines) is 1. The SMILES string of the molecule is CC(=O)N1CCC(CNC(=O)c2ccc3c(c2)NC(=O)c2ccccc2S3)CC1. The van der Waals surface area contributed by atoms with E-state index in [1.165, 1.54) is 11.8 Å². The number of benzene rings is 2. The zero-order valence-electron chi connectivity index (χ0n) is 16.2. The second kappa shape index (κ2) is 8.29. The minimum atomic E-state index is -0.165. The Kier molecular flexibility index (Phi) is 5.58. The Labute approximate surface area is 174 Å². The summed E-state index contributed by atoms with van der Waals surface area (Å²) in [5.41, 5.74) is 1.81. The maximum atomic E-state index is 12.6. The van der Waals surface area contributed by atoms with Crippen LogP contribution in [0.2, 0.25) is 0 Å². The third-order valence-electron chi connectivity index (χ3n) is 5.45. The minimum absolute atomic E-state index is 0.111. The lowest BCUT2D eigenvalue weighted by Gasteiger charge is -2.31. The number of amides is 3. The van der Waals surface area contributed by atoms with Crippen LogP contribution < -0.4 is 10.6 Å². The van der Waals surface area contributed by atoms with E-state index in [2.05, 4.69) is 10.6 Å². The van der Waals surface area contributed by atoms with Crippen LogP contribution >= 0.6 is 11.8 Å². The topological polar surface area (TPSA) is 78.5 Å². The van der Waals surface area contributed by atoms with Gasteiger partial charge in [-0.2, -0.15) is 0 Å². The smallest absolute Gasteiger partial charge is 0.256 e. The van der Waals surface area contributed by atoms with Gasteiger partial charge in [-0.05, 0) is 49.1 Å². The van der Waals surface area contributed by atoms with Gasteiger partial charge in [0.1, 0.15) is 0 Å². The van der Waals surface area contributed by atoms with Crippen LogP contribution in [0.15, 0.2) is 52.3 Å². The van der Waals surface area contributed by atoms with Gasteiger partial charge < -0.3 is 15.5 Å². The second-order valence-corrected chi connectivity index (χ2v) is 8.51. The molecule has 6 nitrogen and oxygen atoms in total. The van der Waals surface area contributed by atoms with E-state index >= 15 is 0 Å². The van der Waals surface area contributed by atoms with Crippen molar-refractivity contribution >= 4 is 35.2 Å². The lowest BCUT2D eigenvalue weighted by molar-refractivity contribution is -0.130. The van der Waals surface area contributed by atoms with Crippen molar-refractivity contribution in [3.05, 3.63) is 53.6 Å². The van der Waals surface area contributed by atoms with E-state index in [4.69, 9.17) is 0 Å². The molecule has 4 rings (SSSR count). The summed E-state index contributed by atoms with van der Waals surface area (Å²) in [6.07, 6.45) is 1.80. The van der Waals surface area contributed by atoms with Crippen LogP contribution in [-0.4, -0.2) is 42.3 Å². The fourth-order valence-corrected chi connectivity index (χ4v) is 4.71. The van der Waals surface area contributed by atoms with Gasteiger partial charge in [-0.25, -0.2) is 0 Å². The van der Waals surface area contributed by atoms with E-state index in [1.54, 1.807) is 25.1 Å². The highest BCUT2D eigenvalue weighted by molar-refractivity contribution is 7.99. The molecular formula is C22H23N3O3S. The maximum Gasteiger partial charge on any atom is 0.256 e. The molecule has 150 valence electrons. The molecule has 0 aliphatic carbocycles. The highest BCUT2D eigenvalue weighted by Crippen LogP contribution is 2.39. The van der Waals surface area contributed by atoms with Crippen LogP contribution in [0.1, 0.15) is 40.5 Å². The van der Waals surface area contributed by atoms with Gasteiger partial charge in [-0.3, -0.25) is 14.4 Å². The van der Waals surface area contributed by atoms with E-state index in [0.29, 0.717) is 29.3 Å². The van der Waals surface area contributed by atoms with E-state index in [9.17, 15) is 14.4 Å². The highest BCUT2D eigenvalue weighted by Gasteiger charge is 2.23. The van der Waals surface area contributed by atoms with Crippen LogP contribution in [0.4, 0.5) is 5.69 Å². The summed E-state index contributed by atoms with van der Waals surface area (Å²) in [5, 5.41) is 5.92. The number of piperidine rings is 1. The average Bonchev–Trinajstić information content (AvgIpc) is 2.87. The molecule has 0 radical (unpaired) electrons. The molecule has 0 unspecified atom stereocenters. The highest BCUT2D eigenvalue weighted by atomic mass is 32.2. The normalized spacial score (nSPS) is 16.3. The monoisotopic (exact) mass is 409 g/mol. The average molecular weight is 410 g/mol. The molecule has 0 spiro atoms. The zero-order chi connectivity index (χ0) is 20.4. The minimum Gasteiger partial charge on any atom is -0.352 e. The fraction of sp³-hybridized carbons (Fsp3) is 0.318. The molecule has 2 aliphatic rings. The second-order valence-electron chi connectivity index (χ2n) is 7.42. The Morgan fingerprint density at radius 1 is 1.14 bits per heavy atom. The Morgan fingerprint density at radius 3 is 2.66 bits per heavy atom. The number of rotatable bonds is 3. The van der Waals surface area contributed by atoms with Crippen LogP contribution in [-0.2, 0) is 4.79 Å². The summed E-state index contributed by atoms with van der Waals surface area (Å²) in [7, 11) is 0. The summed E-state index contributed by atoms with van der Waals surface area (Å²) < 4.78 is 0. The molecule has 2 N–H and O–H groups in total. The van der Waals surface area contributed by atoms with Crippen molar-refractivity contribution in [2.75, 3.05) is 25.0 Å². The Morgan fingerprint density at radius 2 is 1.90 bits per heavy atom. The number of nitrogens with zero attached hydrogens (tertiary/aromatic N) is 1. The lowest BCUT2D eigenvalue weighted by atomic mass is 9.96. The molecule has 3 amide bonds. The van der Waals surface area contributed by atoms with Gasteiger partial charge in [0, 0.05) is 41.9 Å². The predicted octanol–water partition coefficient (Wildman–Crippen LogP) is 3.39. The van der Waals surface area contributed by atoms with Crippen LogP contribution in [0.3, 0.4) is 0 Å². The van der Waals surface area contributed by atoms with Crippen LogP contribution in [0, 0.1) is 5.92 Å². The van der Waals surface area contributed by atoms with Gasteiger partial charge in [0.2, 0.25) is 5.91 Å². The summed E-state index contributed by atoms with van der Waals surface area (Å²) in [6.45, 7) is 3.68. The van der Waals surface area contributed by atoms with Gasteiger partial charge in [0.25, 0.3) is 11.8 Å². The molecule has 0 saturated carbocycles. The molecule has 2 heterocycles. The lowest BCUT2D eigenvalue weighted by Crippen LogP contribution is -2.40. The largest absolute Gasteiger partial charge is 0.352 e. The Balaban J connectivity index is 1.40. The maximum absolute atomic E-state index is 12.6. The number of carbonyl (C=O) groups is 3. The first kappa shape index (κ1) is 19.5. The van der Waals surface area contributed by atoms with Crippen molar-refractivity contribution in [3.8, 4) is 0 Å². The molecule has 2 aromatic rings. The third kappa shape index (κ3) is 4.29. The summed E-state index contributed by atoms with van der Waals surface area (Å²) in [6, 6.07) is 12.9. The first-order valence-corrected chi connectivity index (χ1v) is 10.6. The predicted molar refractivity (Wildman–Crippen MR) is 112 cm³/mol. The summed E-state index contributed by atoms with van der Waals surface area (Å²) in [5.74, 6) is 0.170. The standard InChI is InChI=1S/C22H23N3O3S/c1-14(26)25-10-8-15(9-11-25)13-23-21(27)16-6-7-20-18(12-16)24-22(28)17-4-2-3-5-19(17)29-20/h2-7,12,15H,8-11,13H2,1H3,(H,23,27)(H,24,28). The molecule has 0 atom stereocenters. The van der Waals surface area contributed by atoms with Gasteiger partial charge in [-0.1, -0.05) is 23.9 Å². The van der Waals surface area contributed by atoms with Crippen LogP contribution in [0.5, 0.6) is 0 Å². The molecule has 2 aromatic carbocycles. The van der Waals surface area contributed by atoms with Gasteiger partial charge in [0.05, 0.1) is 11.3 Å². The first-order valence-electron chi connectivity index (χ1n) is 9.77. The number of fused-ring (bicyclic) bond motifs is 2. The molecule has 1 saturated heterocycles. The van der Waals surface area contributed by atoms with Crippen LogP contribution in [0.25, 0.3) is 0 Å². The molecule has 0 aromatic heterocycles. The van der Waals surface area contributed by atoms with Gasteiger partial charge >= 0.3 is 0 Å². The van der Waals surface area contributed by atoms with E-state index < -0.39 is 0 Å². The summed E-state index contributed by atoms with van der Waals surface area (Å²) in [4.78, 5) is 40.2. The van der Waals surface area contributed by atoms with E-state index in [0.717, 1.165) is 35.7 Å². The third-order valence-corrected chi connectivity index (χ3v) is 6.60. The van der Waals surface area contributed by atoms with Crippen molar-refractivity contribution in [3.63, 3.8) is 0 Å². The first-order chi connectivity index (χ1) is 14.0. The van der Waals surface area contributed by atoms with Crippen molar-refractivity contribution in [2.24, 2.45) is 5.92 Å². The molecule has 2 aliphatic heterocycles. The quantitative estimate of drug-likeness (QED) is 0.815. The summed E-state index contributed by atoms with van der Waals surface area (Å²) >= 11 is 1.52. The molecule has 1 fully saturated rings. The molecule has 0 bridgehead atoms. The number of anilines is 1. The van der Waals surface area contributed by atoms with E-state index in [-0.39, 0.29) is 17.7 Å². The number of carbonyl (C=O) groups excluding carboxylic acids is 3. The van der Waals surface area contributed by atoms with E-state index in [1.807, 2.05) is 29.2 Å². The molecule has 29 heavy (non-hydrogen) atoms. The number of hydrogen-bond acceptors (Lipinski definition) is 4. The number of nitrogens with one attached hydrogen (secondary N) is 2. The van der Waals surface area contributed by atoms with Gasteiger partial charge in [-0.15, -0.1) is 0 Å². The van der Waals surface area contributed by atoms with Crippen molar-refractivity contribution in [1.82, 2.24) is 10.2 Å². The number of hydrogen-bond donors (Lipinski definition) is 2. The Hall–Kier alpha value is -2.80. The van der Waals surface area contributed by atoms with Crippen molar-refractivity contribution in [2.45, 2.75) is 29.6 Å². The fourth-order valence-electron chi connectivity index (χ4n) is 3.70. The van der Waals surface area contributed by atoms with Crippen molar-refractivity contribution in [1.29, 1.82) is 0 Å². The molecular weight excluding hydrogens is 386 g/mol. The molecule has 7 heteroatoms.